The molecule has 8 heteroatoms. The SMILES string of the molecule is CNc1ncc(S(=O)(=O)NC2CCOC(C)(C)C2)cn1. The molecule has 1 unspecified atom stereocenters. The van der Waals surface area contributed by atoms with Gasteiger partial charge in [0.25, 0.3) is 0 Å². The molecule has 112 valence electrons. The first kappa shape index (κ1) is 15.1. The Labute approximate surface area is 119 Å². The van der Waals surface area contributed by atoms with Crippen LogP contribution in [0.1, 0.15) is 26.7 Å². The monoisotopic (exact) mass is 300 g/mol. The summed E-state index contributed by atoms with van der Waals surface area (Å²) in [6.07, 6.45) is 3.90. The highest BCUT2D eigenvalue weighted by molar-refractivity contribution is 7.89. The molecule has 1 aliphatic rings. The molecule has 1 aromatic heterocycles. The number of nitrogens with zero attached hydrogens (tertiary/aromatic N) is 2. The normalized spacial score (nSPS) is 22.4. The number of hydrogen-bond donors (Lipinski definition) is 2. The lowest BCUT2D eigenvalue weighted by Crippen LogP contribution is -2.45. The molecule has 20 heavy (non-hydrogen) atoms. The summed E-state index contributed by atoms with van der Waals surface area (Å²) < 4.78 is 32.8. The predicted molar refractivity (Wildman–Crippen MR) is 75.0 cm³/mol. The van der Waals surface area contributed by atoms with Gasteiger partial charge in [0.05, 0.1) is 18.0 Å². The number of hydrogen-bond acceptors (Lipinski definition) is 6. The van der Waals surface area contributed by atoms with Crippen LogP contribution in [0.25, 0.3) is 0 Å². The smallest absolute Gasteiger partial charge is 0.243 e. The van der Waals surface area contributed by atoms with E-state index in [-0.39, 0.29) is 16.5 Å². The van der Waals surface area contributed by atoms with Crippen molar-refractivity contribution in [2.45, 2.75) is 43.2 Å². The van der Waals surface area contributed by atoms with Gasteiger partial charge in [-0.2, -0.15) is 0 Å². The standard InChI is InChI=1S/C12H20N4O3S/c1-12(2)6-9(4-5-19-12)16-20(17,18)10-7-14-11(13-3)15-8-10/h7-9,16H,4-6H2,1-3H3,(H,13,14,15). The Kier molecular flexibility index (Phi) is 4.26. The molecule has 1 aliphatic heterocycles. The summed E-state index contributed by atoms with van der Waals surface area (Å²) in [7, 11) is -1.92. The summed E-state index contributed by atoms with van der Waals surface area (Å²) in [5.41, 5.74) is -0.308. The Morgan fingerprint density at radius 1 is 1.35 bits per heavy atom. The molecule has 2 heterocycles. The first-order valence-electron chi connectivity index (χ1n) is 6.48. The molecule has 1 atom stereocenters. The topological polar surface area (TPSA) is 93.2 Å². The largest absolute Gasteiger partial charge is 0.375 e. The molecular weight excluding hydrogens is 280 g/mol. The zero-order valence-electron chi connectivity index (χ0n) is 11.9. The maximum Gasteiger partial charge on any atom is 0.243 e. The average Bonchev–Trinajstić information content (AvgIpc) is 2.37. The summed E-state index contributed by atoms with van der Waals surface area (Å²) in [6, 6.07) is -0.132. The second-order valence-corrected chi connectivity index (χ2v) is 7.13. The van der Waals surface area contributed by atoms with E-state index in [1.807, 2.05) is 13.8 Å². The Morgan fingerprint density at radius 2 is 2.00 bits per heavy atom. The third kappa shape index (κ3) is 3.65. The van der Waals surface area contributed by atoms with E-state index in [0.717, 1.165) is 0 Å². The number of aromatic nitrogens is 2. The van der Waals surface area contributed by atoms with E-state index in [4.69, 9.17) is 4.74 Å². The van der Waals surface area contributed by atoms with E-state index in [0.29, 0.717) is 25.4 Å². The minimum absolute atomic E-state index is 0.0702. The van der Waals surface area contributed by atoms with Crippen molar-refractivity contribution in [2.75, 3.05) is 19.0 Å². The lowest BCUT2D eigenvalue weighted by molar-refractivity contribution is -0.0599. The Bertz CT molecular complexity index is 557. The molecule has 1 saturated heterocycles. The zero-order valence-corrected chi connectivity index (χ0v) is 12.7. The molecular formula is C12H20N4O3S. The quantitative estimate of drug-likeness (QED) is 0.852. The molecule has 0 spiro atoms. The summed E-state index contributed by atoms with van der Waals surface area (Å²) in [6.45, 7) is 4.46. The van der Waals surface area contributed by atoms with Crippen LogP contribution in [0.5, 0.6) is 0 Å². The first-order valence-corrected chi connectivity index (χ1v) is 7.97. The molecule has 0 amide bonds. The van der Waals surface area contributed by atoms with Gasteiger partial charge in [-0.15, -0.1) is 0 Å². The second kappa shape index (κ2) is 5.63. The van der Waals surface area contributed by atoms with Crippen molar-refractivity contribution in [3.05, 3.63) is 12.4 Å². The van der Waals surface area contributed by atoms with E-state index in [9.17, 15) is 8.42 Å². The van der Waals surface area contributed by atoms with E-state index in [1.54, 1.807) is 7.05 Å². The van der Waals surface area contributed by atoms with Crippen LogP contribution in [0.2, 0.25) is 0 Å². The Balaban J connectivity index is 2.10. The minimum atomic E-state index is -3.59. The molecule has 1 aromatic rings. The summed E-state index contributed by atoms with van der Waals surface area (Å²) in [5.74, 6) is 0.385. The van der Waals surface area contributed by atoms with Crippen LogP contribution in [-0.4, -0.2) is 43.7 Å². The molecule has 0 aromatic carbocycles. The summed E-state index contributed by atoms with van der Waals surface area (Å²) in [5, 5.41) is 2.74. The van der Waals surface area contributed by atoms with Crippen LogP contribution in [0.15, 0.2) is 17.3 Å². The predicted octanol–water partition coefficient (Wildman–Crippen LogP) is 0.754. The van der Waals surface area contributed by atoms with Crippen LogP contribution < -0.4 is 10.0 Å². The fourth-order valence-corrected chi connectivity index (χ4v) is 3.36. The number of nitrogens with one attached hydrogen (secondary N) is 2. The van der Waals surface area contributed by atoms with Gasteiger partial charge in [-0.25, -0.2) is 23.1 Å². The van der Waals surface area contributed by atoms with Gasteiger partial charge >= 0.3 is 0 Å². The maximum atomic E-state index is 12.3. The second-order valence-electron chi connectivity index (χ2n) is 5.41. The van der Waals surface area contributed by atoms with Gasteiger partial charge in [-0.3, -0.25) is 0 Å². The van der Waals surface area contributed by atoms with Crippen molar-refractivity contribution in [1.29, 1.82) is 0 Å². The van der Waals surface area contributed by atoms with E-state index in [1.165, 1.54) is 12.4 Å². The number of anilines is 1. The fraction of sp³-hybridized carbons (Fsp3) is 0.667. The Morgan fingerprint density at radius 3 is 2.55 bits per heavy atom. The minimum Gasteiger partial charge on any atom is -0.375 e. The molecule has 0 bridgehead atoms. The van der Waals surface area contributed by atoms with Crippen molar-refractivity contribution >= 4 is 16.0 Å². The number of rotatable bonds is 4. The van der Waals surface area contributed by atoms with Crippen molar-refractivity contribution < 1.29 is 13.2 Å². The van der Waals surface area contributed by atoms with Gasteiger partial charge in [0.1, 0.15) is 4.90 Å². The lowest BCUT2D eigenvalue weighted by atomic mass is 9.95. The highest BCUT2D eigenvalue weighted by atomic mass is 32.2. The Hall–Kier alpha value is -1.25. The first-order chi connectivity index (χ1) is 9.32. The van der Waals surface area contributed by atoms with Gasteiger partial charge < -0.3 is 10.1 Å². The highest BCUT2D eigenvalue weighted by Gasteiger charge is 2.31. The van der Waals surface area contributed by atoms with Crippen molar-refractivity contribution in [3.63, 3.8) is 0 Å². The average molecular weight is 300 g/mol. The summed E-state index contributed by atoms with van der Waals surface area (Å²) >= 11 is 0. The van der Waals surface area contributed by atoms with Gasteiger partial charge in [-0.1, -0.05) is 0 Å². The molecule has 7 nitrogen and oxygen atoms in total. The van der Waals surface area contributed by atoms with E-state index >= 15 is 0 Å². The number of ether oxygens (including phenoxy) is 1. The van der Waals surface area contributed by atoms with Crippen LogP contribution in [-0.2, 0) is 14.8 Å². The highest BCUT2D eigenvalue weighted by Crippen LogP contribution is 2.25. The zero-order chi connectivity index (χ0) is 14.8. The molecule has 0 saturated carbocycles. The van der Waals surface area contributed by atoms with E-state index in [2.05, 4.69) is 20.0 Å². The van der Waals surface area contributed by atoms with Crippen LogP contribution in [0.3, 0.4) is 0 Å². The third-order valence-electron chi connectivity index (χ3n) is 3.18. The lowest BCUT2D eigenvalue weighted by Gasteiger charge is -2.35. The number of sulfonamides is 1. The van der Waals surface area contributed by atoms with Gasteiger partial charge in [0.2, 0.25) is 16.0 Å². The van der Waals surface area contributed by atoms with Crippen LogP contribution in [0, 0.1) is 0 Å². The third-order valence-corrected chi connectivity index (χ3v) is 4.66. The summed E-state index contributed by atoms with van der Waals surface area (Å²) in [4.78, 5) is 7.91. The molecule has 1 fully saturated rings. The maximum absolute atomic E-state index is 12.3. The molecule has 0 aliphatic carbocycles. The van der Waals surface area contributed by atoms with Crippen molar-refractivity contribution in [1.82, 2.24) is 14.7 Å². The van der Waals surface area contributed by atoms with Gasteiger partial charge in [-0.05, 0) is 26.7 Å². The van der Waals surface area contributed by atoms with Crippen molar-refractivity contribution in [3.8, 4) is 0 Å². The van der Waals surface area contributed by atoms with Crippen LogP contribution in [0.4, 0.5) is 5.95 Å². The molecule has 0 radical (unpaired) electrons. The van der Waals surface area contributed by atoms with Gasteiger partial charge in [0, 0.05) is 19.7 Å². The van der Waals surface area contributed by atoms with E-state index < -0.39 is 10.0 Å². The molecule has 2 rings (SSSR count). The van der Waals surface area contributed by atoms with Crippen molar-refractivity contribution in [2.24, 2.45) is 0 Å². The fourth-order valence-electron chi connectivity index (χ4n) is 2.20. The van der Waals surface area contributed by atoms with Gasteiger partial charge in [0.15, 0.2) is 0 Å². The molecule has 2 N–H and O–H groups in total. The van der Waals surface area contributed by atoms with Crippen LogP contribution >= 0.6 is 0 Å².